The molecule has 1 saturated heterocycles. The van der Waals surface area contributed by atoms with E-state index in [2.05, 4.69) is 22.8 Å². The van der Waals surface area contributed by atoms with Crippen LogP contribution in [-0.4, -0.2) is 55.0 Å². The first-order valence-electron chi connectivity index (χ1n) is 10.7. The van der Waals surface area contributed by atoms with Crippen LogP contribution in [0.15, 0.2) is 48.5 Å². The molecule has 2 aromatic carbocycles. The normalized spacial score (nSPS) is 20.2. The minimum absolute atomic E-state index is 0.00824. The summed E-state index contributed by atoms with van der Waals surface area (Å²) in [6.07, 6.45) is -1.02. The zero-order valence-electron chi connectivity index (χ0n) is 17.7. The van der Waals surface area contributed by atoms with Crippen LogP contribution in [0.4, 0.5) is 4.79 Å². The Hall–Kier alpha value is -3.39. The van der Waals surface area contributed by atoms with Crippen molar-refractivity contribution >= 4 is 18.0 Å². The number of benzene rings is 2. The molecule has 1 aliphatic heterocycles. The Morgan fingerprint density at radius 1 is 1.09 bits per heavy atom. The Morgan fingerprint density at radius 3 is 2.34 bits per heavy atom. The van der Waals surface area contributed by atoms with Crippen molar-refractivity contribution in [3.8, 4) is 11.1 Å². The number of amides is 2. The molecule has 8 heteroatoms. The van der Waals surface area contributed by atoms with E-state index in [1.54, 1.807) is 0 Å². The largest absolute Gasteiger partial charge is 0.481 e. The van der Waals surface area contributed by atoms with Crippen LogP contribution in [0.25, 0.3) is 11.1 Å². The van der Waals surface area contributed by atoms with E-state index in [1.165, 1.54) is 6.92 Å². The smallest absolute Gasteiger partial charge is 0.407 e. The molecule has 0 saturated carbocycles. The summed E-state index contributed by atoms with van der Waals surface area (Å²) in [4.78, 5) is 35.8. The Labute approximate surface area is 185 Å². The second-order valence-electron chi connectivity index (χ2n) is 8.14. The molecule has 1 fully saturated rings. The topological polar surface area (TPSA) is 114 Å². The number of fused-ring (bicyclic) bond motifs is 3. The minimum Gasteiger partial charge on any atom is -0.481 e. The van der Waals surface area contributed by atoms with E-state index in [9.17, 15) is 14.4 Å². The molecule has 168 valence electrons. The predicted octanol–water partition coefficient (Wildman–Crippen LogP) is 2.52. The average Bonchev–Trinajstić information content (AvgIpc) is 3.38. The molecule has 3 atom stereocenters. The standard InChI is InChI=1S/C24H26N2O6/c1-14(23(28)29)12-25-22(27)21-20(10-11-31-21)26-24(30)32-13-19-17-8-4-2-6-15(17)16-7-3-5-9-18(16)19/h2-9,14,19-21H,10-13H2,1H3,(H,25,27)(H,26,30)(H,28,29)/t14?,20-,21+/m0/s1. The number of aliphatic carboxylic acids is 1. The van der Waals surface area contributed by atoms with Crippen LogP contribution in [0.5, 0.6) is 0 Å². The molecule has 0 bridgehead atoms. The summed E-state index contributed by atoms with van der Waals surface area (Å²) in [7, 11) is 0. The van der Waals surface area contributed by atoms with Crippen LogP contribution < -0.4 is 10.6 Å². The first kappa shape index (κ1) is 21.8. The number of alkyl carbamates (subject to hydrolysis) is 1. The number of carbonyl (C=O) groups excluding carboxylic acids is 2. The van der Waals surface area contributed by atoms with E-state index in [-0.39, 0.29) is 19.1 Å². The molecule has 8 nitrogen and oxygen atoms in total. The number of hydrogen-bond donors (Lipinski definition) is 3. The molecule has 0 radical (unpaired) electrons. The van der Waals surface area contributed by atoms with E-state index in [0.717, 1.165) is 22.3 Å². The summed E-state index contributed by atoms with van der Waals surface area (Å²) in [5.74, 6) is -2.20. The maximum atomic E-state index is 12.5. The molecule has 2 aliphatic rings. The predicted molar refractivity (Wildman–Crippen MR) is 116 cm³/mol. The lowest BCUT2D eigenvalue weighted by Gasteiger charge is -2.20. The van der Waals surface area contributed by atoms with Gasteiger partial charge in [0.05, 0.1) is 12.0 Å². The van der Waals surface area contributed by atoms with E-state index in [4.69, 9.17) is 14.6 Å². The van der Waals surface area contributed by atoms with Crippen LogP contribution in [0.2, 0.25) is 0 Å². The fourth-order valence-electron chi connectivity index (χ4n) is 4.23. The minimum atomic E-state index is -0.994. The molecule has 4 rings (SSSR count). The van der Waals surface area contributed by atoms with Gasteiger partial charge in [-0.2, -0.15) is 0 Å². The summed E-state index contributed by atoms with van der Waals surface area (Å²) >= 11 is 0. The van der Waals surface area contributed by atoms with Crippen molar-refractivity contribution in [1.29, 1.82) is 0 Å². The Kier molecular flexibility index (Phi) is 6.41. The first-order valence-corrected chi connectivity index (χ1v) is 10.7. The molecule has 1 aliphatic carbocycles. The summed E-state index contributed by atoms with van der Waals surface area (Å²) in [5, 5.41) is 14.2. The number of ether oxygens (including phenoxy) is 2. The molecule has 32 heavy (non-hydrogen) atoms. The molecular formula is C24H26N2O6. The monoisotopic (exact) mass is 438 g/mol. The van der Waals surface area contributed by atoms with Crippen LogP contribution >= 0.6 is 0 Å². The Balaban J connectivity index is 1.34. The van der Waals surface area contributed by atoms with Gasteiger partial charge >= 0.3 is 12.1 Å². The lowest BCUT2D eigenvalue weighted by Crippen LogP contribution is -2.49. The first-order chi connectivity index (χ1) is 15.5. The van der Waals surface area contributed by atoms with Gasteiger partial charge in [-0.05, 0) is 28.7 Å². The fourth-order valence-corrected chi connectivity index (χ4v) is 4.23. The highest BCUT2D eigenvalue weighted by Gasteiger charge is 2.36. The molecule has 0 spiro atoms. The second kappa shape index (κ2) is 9.40. The van der Waals surface area contributed by atoms with Crippen molar-refractivity contribution < 1.29 is 29.0 Å². The summed E-state index contributed by atoms with van der Waals surface area (Å²) in [5.41, 5.74) is 4.54. The zero-order chi connectivity index (χ0) is 22.7. The average molecular weight is 438 g/mol. The molecular weight excluding hydrogens is 412 g/mol. The van der Waals surface area contributed by atoms with Crippen molar-refractivity contribution in [1.82, 2.24) is 10.6 Å². The van der Waals surface area contributed by atoms with Crippen LogP contribution in [0.3, 0.4) is 0 Å². The highest BCUT2D eigenvalue weighted by Crippen LogP contribution is 2.44. The van der Waals surface area contributed by atoms with Crippen molar-refractivity contribution in [3.05, 3.63) is 59.7 Å². The number of carboxylic acids is 1. The van der Waals surface area contributed by atoms with Gasteiger partial charge in [0.1, 0.15) is 6.61 Å². The Morgan fingerprint density at radius 2 is 1.72 bits per heavy atom. The van der Waals surface area contributed by atoms with E-state index >= 15 is 0 Å². The fraction of sp³-hybridized carbons (Fsp3) is 0.375. The number of rotatable bonds is 7. The number of hydrogen-bond acceptors (Lipinski definition) is 5. The zero-order valence-corrected chi connectivity index (χ0v) is 17.7. The van der Waals surface area contributed by atoms with Gasteiger partial charge in [-0.3, -0.25) is 9.59 Å². The van der Waals surface area contributed by atoms with Crippen LogP contribution in [0, 0.1) is 5.92 Å². The van der Waals surface area contributed by atoms with Gasteiger partial charge in [-0.25, -0.2) is 4.79 Å². The highest BCUT2D eigenvalue weighted by atomic mass is 16.6. The third-order valence-electron chi connectivity index (χ3n) is 6.00. The third-order valence-corrected chi connectivity index (χ3v) is 6.00. The second-order valence-corrected chi connectivity index (χ2v) is 8.14. The Bertz CT molecular complexity index is 978. The van der Waals surface area contributed by atoms with Gasteiger partial charge in [0.2, 0.25) is 0 Å². The highest BCUT2D eigenvalue weighted by molar-refractivity contribution is 5.83. The van der Waals surface area contributed by atoms with Gasteiger partial charge in [-0.15, -0.1) is 0 Å². The maximum absolute atomic E-state index is 12.5. The van der Waals surface area contributed by atoms with Crippen LogP contribution in [0.1, 0.15) is 30.4 Å². The number of nitrogens with one attached hydrogen (secondary N) is 2. The number of carbonyl (C=O) groups is 3. The summed E-state index contributed by atoms with van der Waals surface area (Å²) in [6, 6.07) is 15.6. The molecule has 2 amide bonds. The van der Waals surface area contributed by atoms with E-state index in [0.29, 0.717) is 13.0 Å². The maximum Gasteiger partial charge on any atom is 0.407 e. The lowest BCUT2D eigenvalue weighted by molar-refractivity contribution is -0.141. The van der Waals surface area contributed by atoms with Crippen molar-refractivity contribution in [2.45, 2.75) is 31.4 Å². The van der Waals surface area contributed by atoms with Gasteiger partial charge < -0.3 is 25.2 Å². The van der Waals surface area contributed by atoms with Crippen molar-refractivity contribution in [3.63, 3.8) is 0 Å². The van der Waals surface area contributed by atoms with Crippen molar-refractivity contribution in [2.24, 2.45) is 5.92 Å². The third kappa shape index (κ3) is 4.45. The SMILES string of the molecule is CC(CNC(=O)[C@@H]1OCC[C@@H]1NC(=O)OCC1c2ccccc2-c2ccccc21)C(=O)O. The van der Waals surface area contributed by atoms with E-state index in [1.807, 2.05) is 36.4 Å². The number of carboxylic acid groups (broad SMARTS) is 1. The molecule has 2 aromatic rings. The van der Waals surface area contributed by atoms with Gasteiger partial charge in [0, 0.05) is 19.1 Å². The molecule has 1 unspecified atom stereocenters. The quantitative estimate of drug-likeness (QED) is 0.612. The molecule has 1 heterocycles. The van der Waals surface area contributed by atoms with Crippen LogP contribution in [-0.2, 0) is 19.1 Å². The van der Waals surface area contributed by atoms with Gasteiger partial charge in [-0.1, -0.05) is 55.5 Å². The summed E-state index contributed by atoms with van der Waals surface area (Å²) in [6.45, 7) is 2.00. The van der Waals surface area contributed by atoms with Gasteiger partial charge in [0.15, 0.2) is 6.10 Å². The lowest BCUT2D eigenvalue weighted by atomic mass is 9.98. The van der Waals surface area contributed by atoms with Crippen molar-refractivity contribution in [2.75, 3.05) is 19.8 Å². The molecule has 3 N–H and O–H groups in total. The van der Waals surface area contributed by atoms with Gasteiger partial charge in [0.25, 0.3) is 5.91 Å². The summed E-state index contributed by atoms with van der Waals surface area (Å²) < 4.78 is 11.0. The van der Waals surface area contributed by atoms with E-state index < -0.39 is 36.0 Å². The molecule has 0 aromatic heterocycles.